The van der Waals surface area contributed by atoms with Crippen molar-refractivity contribution in [1.29, 1.82) is 0 Å². The lowest BCUT2D eigenvalue weighted by molar-refractivity contribution is 0.531. The molecule has 0 radical (unpaired) electrons. The van der Waals surface area contributed by atoms with Crippen LogP contribution in [-0.2, 0) is 5.75 Å². The molecule has 0 spiro atoms. The summed E-state index contributed by atoms with van der Waals surface area (Å²) in [6, 6.07) is 13.8. The van der Waals surface area contributed by atoms with Gasteiger partial charge in [0.05, 0.1) is 0 Å². The van der Waals surface area contributed by atoms with Crippen LogP contribution in [0.4, 0.5) is 4.39 Å². The maximum absolute atomic E-state index is 14.2. The van der Waals surface area contributed by atoms with E-state index in [1.54, 1.807) is 23.9 Å². The van der Waals surface area contributed by atoms with Crippen molar-refractivity contribution in [1.82, 2.24) is 5.32 Å². The molecule has 0 saturated carbocycles. The van der Waals surface area contributed by atoms with E-state index in [-0.39, 0.29) is 11.9 Å². The van der Waals surface area contributed by atoms with Crippen LogP contribution in [0.25, 0.3) is 0 Å². The highest BCUT2D eigenvalue weighted by molar-refractivity contribution is 7.98. The van der Waals surface area contributed by atoms with Crippen LogP contribution in [0.1, 0.15) is 36.6 Å². The highest BCUT2D eigenvalue weighted by atomic mass is 32.2. The Morgan fingerprint density at radius 2 is 1.95 bits per heavy atom. The molecule has 1 N–H and O–H groups in total. The number of hydrogen-bond donors (Lipinski definition) is 1. The van der Waals surface area contributed by atoms with Gasteiger partial charge in [-0.15, -0.1) is 11.8 Å². The molecular formula is C18H22FNS. The molecule has 1 unspecified atom stereocenters. The van der Waals surface area contributed by atoms with Gasteiger partial charge in [-0.25, -0.2) is 4.39 Å². The summed E-state index contributed by atoms with van der Waals surface area (Å²) in [5.41, 5.74) is 3.30. The van der Waals surface area contributed by atoms with Gasteiger partial charge in [0.15, 0.2) is 0 Å². The maximum Gasteiger partial charge on any atom is 0.129 e. The minimum atomic E-state index is -0.127. The zero-order chi connectivity index (χ0) is 15.2. The summed E-state index contributed by atoms with van der Waals surface area (Å²) < 4.78 is 14.2. The van der Waals surface area contributed by atoms with Crippen molar-refractivity contribution >= 4 is 11.8 Å². The lowest BCUT2D eigenvalue weighted by Gasteiger charge is -2.17. The van der Waals surface area contributed by atoms with Crippen LogP contribution in [0.2, 0.25) is 0 Å². The minimum absolute atomic E-state index is 0.0243. The van der Waals surface area contributed by atoms with E-state index < -0.39 is 0 Å². The molecular weight excluding hydrogens is 281 g/mol. The van der Waals surface area contributed by atoms with E-state index in [2.05, 4.69) is 36.5 Å². The van der Waals surface area contributed by atoms with E-state index in [9.17, 15) is 4.39 Å². The van der Waals surface area contributed by atoms with Crippen LogP contribution in [0.3, 0.4) is 0 Å². The second kappa shape index (κ2) is 7.62. The van der Waals surface area contributed by atoms with Crippen LogP contribution >= 0.6 is 11.8 Å². The molecule has 0 saturated heterocycles. The standard InChI is InChI=1S/C18H22FNS/c1-4-20-14(3)18-16(19)9-6-10-17(18)21-12-15-8-5-7-13(2)11-15/h5-11,14,20H,4,12H2,1-3H3. The van der Waals surface area contributed by atoms with E-state index >= 15 is 0 Å². The Morgan fingerprint density at radius 3 is 2.67 bits per heavy atom. The average Bonchev–Trinajstić information content (AvgIpc) is 2.45. The largest absolute Gasteiger partial charge is 0.310 e. The third-order valence-electron chi connectivity index (χ3n) is 3.43. The first-order valence-electron chi connectivity index (χ1n) is 7.32. The van der Waals surface area contributed by atoms with Gasteiger partial charge in [0.2, 0.25) is 0 Å². The molecule has 3 heteroatoms. The van der Waals surface area contributed by atoms with Gasteiger partial charge in [-0.1, -0.05) is 42.8 Å². The quantitative estimate of drug-likeness (QED) is 0.745. The van der Waals surface area contributed by atoms with Crippen molar-refractivity contribution in [3.63, 3.8) is 0 Å². The Hall–Kier alpha value is -1.32. The summed E-state index contributed by atoms with van der Waals surface area (Å²) in [5.74, 6) is 0.731. The summed E-state index contributed by atoms with van der Waals surface area (Å²) >= 11 is 1.70. The van der Waals surface area contributed by atoms with Crippen LogP contribution in [0.5, 0.6) is 0 Å². The first kappa shape index (κ1) is 16.1. The van der Waals surface area contributed by atoms with Crippen molar-refractivity contribution in [2.24, 2.45) is 0 Å². The molecule has 21 heavy (non-hydrogen) atoms. The molecule has 0 fully saturated rings. The molecule has 0 aliphatic carbocycles. The Labute approximate surface area is 131 Å². The second-order valence-corrected chi connectivity index (χ2v) is 6.23. The summed E-state index contributed by atoms with van der Waals surface area (Å²) in [6.07, 6.45) is 0. The van der Waals surface area contributed by atoms with Gasteiger partial charge in [0.25, 0.3) is 0 Å². The van der Waals surface area contributed by atoms with Crippen molar-refractivity contribution < 1.29 is 4.39 Å². The third kappa shape index (κ3) is 4.32. The SMILES string of the molecule is CCNC(C)c1c(F)cccc1SCc1cccc(C)c1. The molecule has 112 valence electrons. The number of halogens is 1. The van der Waals surface area contributed by atoms with E-state index in [0.717, 1.165) is 22.8 Å². The Morgan fingerprint density at radius 1 is 1.19 bits per heavy atom. The molecule has 1 nitrogen and oxygen atoms in total. The highest BCUT2D eigenvalue weighted by Crippen LogP contribution is 2.32. The van der Waals surface area contributed by atoms with Crippen LogP contribution < -0.4 is 5.32 Å². The highest BCUT2D eigenvalue weighted by Gasteiger charge is 2.15. The van der Waals surface area contributed by atoms with E-state index in [4.69, 9.17) is 0 Å². The number of nitrogens with one attached hydrogen (secondary N) is 1. The van der Waals surface area contributed by atoms with E-state index in [0.29, 0.717) is 0 Å². The van der Waals surface area contributed by atoms with Crippen molar-refractivity contribution in [2.45, 2.75) is 37.5 Å². The van der Waals surface area contributed by atoms with E-state index in [1.165, 1.54) is 11.1 Å². The molecule has 0 amide bonds. The van der Waals surface area contributed by atoms with Crippen LogP contribution in [0.15, 0.2) is 47.4 Å². The van der Waals surface area contributed by atoms with Gasteiger partial charge in [0.1, 0.15) is 5.82 Å². The zero-order valence-corrected chi connectivity index (χ0v) is 13.6. The fraction of sp³-hybridized carbons (Fsp3) is 0.333. The summed E-state index contributed by atoms with van der Waals surface area (Å²) in [7, 11) is 0. The molecule has 2 aromatic carbocycles. The van der Waals surface area contributed by atoms with Crippen molar-refractivity contribution in [3.8, 4) is 0 Å². The topological polar surface area (TPSA) is 12.0 Å². The molecule has 0 aliphatic heterocycles. The first-order valence-corrected chi connectivity index (χ1v) is 8.30. The molecule has 0 aliphatic rings. The van der Waals surface area contributed by atoms with Gasteiger partial charge >= 0.3 is 0 Å². The number of aryl methyl sites for hydroxylation is 1. The van der Waals surface area contributed by atoms with Gasteiger partial charge in [-0.05, 0) is 38.1 Å². The van der Waals surface area contributed by atoms with Gasteiger partial charge < -0.3 is 5.32 Å². The number of thioether (sulfide) groups is 1. The van der Waals surface area contributed by atoms with Gasteiger partial charge in [-0.3, -0.25) is 0 Å². The molecule has 0 aromatic heterocycles. The van der Waals surface area contributed by atoms with Gasteiger partial charge in [0, 0.05) is 22.3 Å². The average molecular weight is 303 g/mol. The Kier molecular flexibility index (Phi) is 5.83. The predicted octanol–water partition coefficient (Wildman–Crippen LogP) is 5.10. The maximum atomic E-state index is 14.2. The van der Waals surface area contributed by atoms with Crippen LogP contribution in [-0.4, -0.2) is 6.54 Å². The minimum Gasteiger partial charge on any atom is -0.310 e. The lowest BCUT2D eigenvalue weighted by Crippen LogP contribution is -2.19. The molecule has 2 aromatic rings. The third-order valence-corrected chi connectivity index (χ3v) is 4.58. The zero-order valence-electron chi connectivity index (χ0n) is 12.8. The Bertz CT molecular complexity index is 598. The fourth-order valence-electron chi connectivity index (χ4n) is 2.43. The Balaban J connectivity index is 2.18. The van der Waals surface area contributed by atoms with Crippen molar-refractivity contribution in [2.75, 3.05) is 6.54 Å². The normalized spacial score (nSPS) is 12.4. The number of hydrogen-bond acceptors (Lipinski definition) is 2. The first-order chi connectivity index (χ1) is 10.1. The number of rotatable bonds is 6. The smallest absolute Gasteiger partial charge is 0.129 e. The lowest BCUT2D eigenvalue weighted by atomic mass is 10.1. The summed E-state index contributed by atoms with van der Waals surface area (Å²) in [5, 5.41) is 3.30. The van der Waals surface area contributed by atoms with E-state index in [1.807, 2.05) is 19.9 Å². The molecule has 2 rings (SSSR count). The molecule has 0 bridgehead atoms. The fourth-order valence-corrected chi connectivity index (χ4v) is 3.54. The summed E-state index contributed by atoms with van der Waals surface area (Å²) in [6.45, 7) is 6.97. The molecule has 0 heterocycles. The monoisotopic (exact) mass is 303 g/mol. The number of benzene rings is 2. The second-order valence-electron chi connectivity index (χ2n) is 5.21. The van der Waals surface area contributed by atoms with Gasteiger partial charge in [-0.2, -0.15) is 0 Å². The molecule has 1 atom stereocenters. The van der Waals surface area contributed by atoms with Crippen molar-refractivity contribution in [3.05, 3.63) is 65.0 Å². The van der Waals surface area contributed by atoms with Crippen LogP contribution in [0, 0.1) is 12.7 Å². The predicted molar refractivity (Wildman–Crippen MR) is 89.2 cm³/mol. The summed E-state index contributed by atoms with van der Waals surface area (Å²) in [4.78, 5) is 1.02.